The molecule has 0 amide bonds. The van der Waals surface area contributed by atoms with Crippen molar-refractivity contribution >= 4 is 16.7 Å². The summed E-state index contributed by atoms with van der Waals surface area (Å²) in [6.45, 7) is 2.70. The minimum Gasteiger partial charge on any atom is -0.360 e. The molecule has 0 radical (unpaired) electrons. The van der Waals surface area contributed by atoms with Crippen LogP contribution in [0, 0.1) is 0 Å². The Morgan fingerprint density at radius 3 is 2.29 bits per heavy atom. The van der Waals surface area contributed by atoms with Crippen LogP contribution < -0.4 is 5.32 Å². The average molecular weight is 368 g/mol. The lowest BCUT2D eigenvalue weighted by Gasteiger charge is -2.30. The van der Waals surface area contributed by atoms with Gasteiger partial charge in [-0.1, -0.05) is 78.9 Å². The number of fused-ring (bicyclic) bond motifs is 1. The Balaban J connectivity index is 1.66. The molecule has 3 aromatic carbocycles. The van der Waals surface area contributed by atoms with Crippen molar-refractivity contribution in [1.29, 1.82) is 0 Å². The number of ketones is 1. The molecule has 28 heavy (non-hydrogen) atoms. The smallest absolute Gasteiger partial charge is 0.189 e. The van der Waals surface area contributed by atoms with Crippen LogP contribution in [0.25, 0.3) is 10.9 Å². The van der Waals surface area contributed by atoms with E-state index < -0.39 is 5.54 Å². The van der Waals surface area contributed by atoms with Gasteiger partial charge < -0.3 is 10.3 Å². The second-order valence-electron chi connectivity index (χ2n) is 7.23. The molecule has 0 fully saturated rings. The van der Waals surface area contributed by atoms with Gasteiger partial charge in [-0.05, 0) is 30.5 Å². The van der Waals surface area contributed by atoms with Gasteiger partial charge in [0.25, 0.3) is 0 Å². The number of hydrogen-bond donors (Lipinski definition) is 2. The van der Waals surface area contributed by atoms with Crippen LogP contribution in [0.2, 0.25) is 0 Å². The second-order valence-corrected chi connectivity index (χ2v) is 7.23. The molecule has 0 aliphatic carbocycles. The number of carbonyl (C=O) groups is 1. The molecule has 3 nitrogen and oxygen atoms in total. The number of nitrogens with one attached hydrogen (secondary N) is 2. The zero-order chi connectivity index (χ0) is 19.4. The van der Waals surface area contributed by atoms with E-state index in [-0.39, 0.29) is 5.78 Å². The molecular weight excluding hydrogens is 344 g/mol. The second kappa shape index (κ2) is 7.83. The number of Topliss-reactive ketones (excluding diaryl/α,β-unsaturated/α-hetero) is 1. The lowest BCUT2D eigenvalue weighted by molar-refractivity contribution is 0.0866. The maximum atomic E-state index is 13.7. The molecule has 4 rings (SSSR count). The van der Waals surface area contributed by atoms with Crippen molar-refractivity contribution in [3.63, 3.8) is 0 Å². The summed E-state index contributed by atoms with van der Waals surface area (Å²) >= 11 is 0. The number of H-pyrrole nitrogens is 1. The van der Waals surface area contributed by atoms with Crippen LogP contribution in [0.1, 0.15) is 28.4 Å². The summed E-state index contributed by atoms with van der Waals surface area (Å²) < 4.78 is 0. The summed E-state index contributed by atoms with van der Waals surface area (Å²) in [5.74, 6) is 0.0733. The monoisotopic (exact) mass is 368 g/mol. The highest BCUT2D eigenvalue weighted by Crippen LogP contribution is 2.29. The molecule has 2 N–H and O–H groups in total. The molecule has 140 valence electrons. The minimum atomic E-state index is -0.805. The Bertz CT molecular complexity index is 1070. The number of aromatic amines is 1. The van der Waals surface area contributed by atoms with Gasteiger partial charge in [-0.2, -0.15) is 0 Å². The van der Waals surface area contributed by atoms with Crippen molar-refractivity contribution in [2.75, 3.05) is 6.54 Å². The molecule has 1 aromatic heterocycles. The largest absolute Gasteiger partial charge is 0.360 e. The van der Waals surface area contributed by atoms with Crippen LogP contribution in [0.4, 0.5) is 0 Å². The summed E-state index contributed by atoms with van der Waals surface area (Å²) in [6, 6.07) is 28.2. The Morgan fingerprint density at radius 2 is 1.54 bits per heavy atom. The van der Waals surface area contributed by atoms with Gasteiger partial charge in [-0.25, -0.2) is 0 Å². The van der Waals surface area contributed by atoms with Gasteiger partial charge in [-0.3, -0.25) is 4.79 Å². The predicted molar refractivity (Wildman–Crippen MR) is 115 cm³/mol. The Kier molecular flexibility index (Phi) is 5.09. The normalized spacial score (nSPS) is 13.3. The predicted octanol–water partition coefficient (Wildman–Crippen LogP) is 5.10. The van der Waals surface area contributed by atoms with Crippen molar-refractivity contribution < 1.29 is 4.79 Å². The zero-order valence-corrected chi connectivity index (χ0v) is 16.0. The molecule has 0 aliphatic rings. The van der Waals surface area contributed by atoms with E-state index in [0.717, 1.165) is 22.9 Å². The first-order chi connectivity index (χ1) is 13.7. The van der Waals surface area contributed by atoms with Crippen LogP contribution in [-0.4, -0.2) is 17.3 Å². The average Bonchev–Trinajstić information content (AvgIpc) is 3.18. The molecule has 0 spiro atoms. The lowest BCUT2D eigenvalue weighted by atomic mass is 9.84. The molecule has 4 aromatic rings. The fourth-order valence-corrected chi connectivity index (χ4v) is 3.72. The highest BCUT2D eigenvalue weighted by molar-refractivity contribution is 6.12. The fraction of sp³-hybridized carbons (Fsp3) is 0.160. The van der Waals surface area contributed by atoms with Gasteiger partial charge in [0.05, 0.1) is 0 Å². The third-order valence-electron chi connectivity index (χ3n) is 5.37. The Hall–Kier alpha value is -3.17. The number of benzene rings is 3. The van der Waals surface area contributed by atoms with Gasteiger partial charge in [0, 0.05) is 29.2 Å². The molecular formula is C25H24N2O. The van der Waals surface area contributed by atoms with Crippen LogP contribution in [0.15, 0.2) is 91.1 Å². The fourth-order valence-electron chi connectivity index (χ4n) is 3.72. The number of para-hydroxylation sites is 1. The summed E-state index contributed by atoms with van der Waals surface area (Å²) in [4.78, 5) is 16.9. The van der Waals surface area contributed by atoms with Gasteiger partial charge >= 0.3 is 0 Å². The molecule has 1 atom stereocenters. The zero-order valence-electron chi connectivity index (χ0n) is 16.0. The number of rotatable bonds is 7. The van der Waals surface area contributed by atoms with E-state index in [9.17, 15) is 4.79 Å². The van der Waals surface area contributed by atoms with Crippen LogP contribution >= 0.6 is 0 Å². The van der Waals surface area contributed by atoms with Crippen molar-refractivity contribution in [1.82, 2.24) is 10.3 Å². The molecule has 3 heteroatoms. The van der Waals surface area contributed by atoms with Gasteiger partial charge in [0.2, 0.25) is 0 Å². The van der Waals surface area contributed by atoms with E-state index >= 15 is 0 Å². The minimum absolute atomic E-state index is 0.0733. The summed E-state index contributed by atoms with van der Waals surface area (Å²) in [5, 5.41) is 4.51. The number of carbonyl (C=O) groups excluding carboxylic acids is 1. The molecule has 1 unspecified atom stereocenters. The highest BCUT2D eigenvalue weighted by atomic mass is 16.1. The van der Waals surface area contributed by atoms with Crippen LogP contribution in [-0.2, 0) is 12.0 Å². The van der Waals surface area contributed by atoms with E-state index in [4.69, 9.17) is 0 Å². The third kappa shape index (κ3) is 3.49. The standard InChI is InChI=1S/C25H24N2O/c1-25(20-12-6-3-7-13-20,27-17-16-19-10-4-2-5-11-19)24(28)22-18-26-23-15-9-8-14-21(22)23/h2-15,18,26-27H,16-17H2,1H3. The van der Waals surface area contributed by atoms with Gasteiger partial charge in [-0.15, -0.1) is 0 Å². The summed E-state index contributed by atoms with van der Waals surface area (Å²) in [5.41, 5.74) is 3.11. The summed E-state index contributed by atoms with van der Waals surface area (Å²) in [6.07, 6.45) is 2.69. The molecule has 0 saturated carbocycles. The maximum absolute atomic E-state index is 13.7. The van der Waals surface area contributed by atoms with Crippen molar-refractivity contribution in [3.05, 3.63) is 108 Å². The van der Waals surface area contributed by atoms with E-state index in [1.165, 1.54) is 5.56 Å². The van der Waals surface area contributed by atoms with Crippen LogP contribution in [0.3, 0.4) is 0 Å². The van der Waals surface area contributed by atoms with E-state index in [2.05, 4.69) is 22.4 Å². The van der Waals surface area contributed by atoms with Crippen molar-refractivity contribution in [2.45, 2.75) is 18.9 Å². The highest BCUT2D eigenvalue weighted by Gasteiger charge is 2.36. The Labute approximate surface area is 165 Å². The maximum Gasteiger partial charge on any atom is 0.189 e. The summed E-state index contributed by atoms with van der Waals surface area (Å²) in [7, 11) is 0. The van der Waals surface area contributed by atoms with Crippen molar-refractivity contribution in [3.8, 4) is 0 Å². The van der Waals surface area contributed by atoms with Crippen LogP contribution in [0.5, 0.6) is 0 Å². The first-order valence-corrected chi connectivity index (χ1v) is 9.64. The molecule has 0 aliphatic heterocycles. The SMILES string of the molecule is CC(NCCc1ccccc1)(C(=O)c1c[nH]c2ccccc12)c1ccccc1. The topological polar surface area (TPSA) is 44.9 Å². The van der Waals surface area contributed by atoms with Gasteiger partial charge in [0.1, 0.15) is 5.54 Å². The lowest BCUT2D eigenvalue weighted by Crippen LogP contribution is -2.47. The van der Waals surface area contributed by atoms with Gasteiger partial charge in [0.15, 0.2) is 5.78 Å². The van der Waals surface area contributed by atoms with Crippen molar-refractivity contribution in [2.24, 2.45) is 0 Å². The molecule has 1 heterocycles. The molecule has 0 saturated heterocycles. The van der Waals surface area contributed by atoms with E-state index in [1.807, 2.05) is 85.9 Å². The van der Waals surface area contributed by atoms with E-state index in [0.29, 0.717) is 12.1 Å². The quantitative estimate of drug-likeness (QED) is 0.446. The third-order valence-corrected chi connectivity index (χ3v) is 5.37. The first kappa shape index (κ1) is 18.2. The molecule has 0 bridgehead atoms. The number of aromatic nitrogens is 1. The first-order valence-electron chi connectivity index (χ1n) is 9.64. The number of hydrogen-bond acceptors (Lipinski definition) is 2. The van der Waals surface area contributed by atoms with E-state index in [1.54, 1.807) is 0 Å². The Morgan fingerprint density at radius 1 is 0.893 bits per heavy atom.